The summed E-state index contributed by atoms with van der Waals surface area (Å²) in [5.41, 5.74) is 2.43. The fourth-order valence-corrected chi connectivity index (χ4v) is 4.03. The van der Waals surface area contributed by atoms with Crippen LogP contribution in [-0.2, 0) is 0 Å². The van der Waals surface area contributed by atoms with Crippen LogP contribution in [0.3, 0.4) is 0 Å². The first-order valence-electron chi connectivity index (χ1n) is 9.62. The van der Waals surface area contributed by atoms with E-state index >= 15 is 0 Å². The highest BCUT2D eigenvalue weighted by Crippen LogP contribution is 2.38. The maximum absolute atomic E-state index is 13.7. The summed E-state index contributed by atoms with van der Waals surface area (Å²) < 4.78 is 13.7. The molecule has 1 aromatic carbocycles. The van der Waals surface area contributed by atoms with Crippen LogP contribution in [0.1, 0.15) is 37.3 Å². The zero-order chi connectivity index (χ0) is 18.2. The van der Waals surface area contributed by atoms with Crippen LogP contribution < -0.4 is 10.2 Å². The Morgan fingerprint density at radius 1 is 1.11 bits per heavy atom. The number of anilines is 2. The predicted molar refractivity (Wildman–Crippen MR) is 104 cm³/mol. The second-order valence-corrected chi connectivity index (χ2v) is 7.49. The molecule has 0 bridgehead atoms. The SMILES string of the molecule is Fc1cccc(C2CCCN2c2cc(NC3=NCC(C4CC4)=C3)ncn2)c1. The molecule has 0 amide bonds. The molecule has 5 nitrogen and oxygen atoms in total. The molecule has 2 aliphatic heterocycles. The number of halogens is 1. The van der Waals surface area contributed by atoms with Crippen molar-refractivity contribution in [2.75, 3.05) is 23.3 Å². The molecule has 6 heteroatoms. The number of rotatable bonds is 4. The maximum atomic E-state index is 13.7. The molecule has 3 heterocycles. The summed E-state index contributed by atoms with van der Waals surface area (Å²) in [6, 6.07) is 8.99. The number of nitrogens with one attached hydrogen (secondary N) is 1. The van der Waals surface area contributed by atoms with Crippen molar-refractivity contribution in [3.63, 3.8) is 0 Å². The van der Waals surface area contributed by atoms with E-state index in [2.05, 4.69) is 31.3 Å². The summed E-state index contributed by atoms with van der Waals surface area (Å²) in [6.07, 6.45) is 8.39. The van der Waals surface area contributed by atoms with Gasteiger partial charge in [-0.1, -0.05) is 12.1 Å². The lowest BCUT2D eigenvalue weighted by Gasteiger charge is -2.26. The van der Waals surface area contributed by atoms with Crippen molar-refractivity contribution in [1.82, 2.24) is 9.97 Å². The lowest BCUT2D eigenvalue weighted by atomic mass is 10.0. The van der Waals surface area contributed by atoms with Crippen molar-refractivity contribution in [3.05, 3.63) is 59.7 Å². The Kier molecular flexibility index (Phi) is 4.11. The first-order chi connectivity index (χ1) is 13.3. The number of hydrogen-bond acceptors (Lipinski definition) is 5. The van der Waals surface area contributed by atoms with Gasteiger partial charge >= 0.3 is 0 Å². The van der Waals surface area contributed by atoms with Gasteiger partial charge in [-0.15, -0.1) is 0 Å². The zero-order valence-corrected chi connectivity index (χ0v) is 15.1. The molecule has 0 radical (unpaired) electrons. The number of nitrogens with zero attached hydrogens (tertiary/aromatic N) is 4. The minimum absolute atomic E-state index is 0.147. The van der Waals surface area contributed by atoms with Crippen LogP contribution in [-0.4, -0.2) is 28.9 Å². The van der Waals surface area contributed by atoms with E-state index in [9.17, 15) is 4.39 Å². The number of hydrogen-bond donors (Lipinski definition) is 1. The third kappa shape index (κ3) is 3.44. The highest BCUT2D eigenvalue weighted by atomic mass is 19.1. The molecule has 1 saturated heterocycles. The molecular weight excluding hydrogens is 341 g/mol. The maximum Gasteiger partial charge on any atom is 0.137 e. The van der Waals surface area contributed by atoms with Gasteiger partial charge in [-0.25, -0.2) is 14.4 Å². The predicted octanol–water partition coefficient (Wildman–Crippen LogP) is 4.12. The van der Waals surface area contributed by atoms with E-state index in [1.165, 1.54) is 24.5 Å². The molecule has 1 unspecified atom stereocenters. The molecule has 1 saturated carbocycles. The topological polar surface area (TPSA) is 53.4 Å². The molecule has 138 valence electrons. The Labute approximate surface area is 158 Å². The van der Waals surface area contributed by atoms with Crippen LogP contribution in [0.15, 0.2) is 53.3 Å². The van der Waals surface area contributed by atoms with Gasteiger partial charge < -0.3 is 10.2 Å². The number of benzene rings is 1. The highest BCUT2D eigenvalue weighted by molar-refractivity contribution is 6.05. The quantitative estimate of drug-likeness (QED) is 0.888. The second kappa shape index (κ2) is 6.76. The number of aromatic nitrogens is 2. The fourth-order valence-electron chi connectivity index (χ4n) is 4.03. The van der Waals surface area contributed by atoms with Crippen molar-refractivity contribution < 1.29 is 4.39 Å². The van der Waals surface area contributed by atoms with Crippen LogP contribution >= 0.6 is 0 Å². The minimum atomic E-state index is -0.193. The van der Waals surface area contributed by atoms with Crippen LogP contribution in [0, 0.1) is 11.7 Å². The summed E-state index contributed by atoms with van der Waals surface area (Å²) in [4.78, 5) is 15.6. The minimum Gasteiger partial charge on any atom is -0.349 e. The average molecular weight is 363 g/mol. The summed E-state index contributed by atoms with van der Waals surface area (Å²) in [7, 11) is 0. The standard InChI is InChI=1S/C21H22FN5/c22-17-4-1-3-15(9-17)18-5-2-8-27(18)21-11-20(24-13-25-21)26-19-10-16(12-23-19)14-6-7-14/h1,3-4,9-11,13-14,18H,2,5-8,12H2,(H,23,24,25,26). The lowest BCUT2D eigenvalue weighted by Crippen LogP contribution is -2.24. The van der Waals surface area contributed by atoms with E-state index in [-0.39, 0.29) is 11.9 Å². The molecule has 1 N–H and O–H groups in total. The van der Waals surface area contributed by atoms with E-state index in [1.54, 1.807) is 18.5 Å². The van der Waals surface area contributed by atoms with Gasteiger partial charge in [0, 0.05) is 12.6 Å². The molecule has 2 fully saturated rings. The van der Waals surface area contributed by atoms with Gasteiger partial charge in [-0.05, 0) is 60.9 Å². The van der Waals surface area contributed by atoms with Gasteiger partial charge in [-0.3, -0.25) is 4.99 Å². The van der Waals surface area contributed by atoms with Crippen LogP contribution in [0.4, 0.5) is 16.0 Å². The van der Waals surface area contributed by atoms with E-state index in [0.29, 0.717) is 0 Å². The van der Waals surface area contributed by atoms with Crippen molar-refractivity contribution in [1.29, 1.82) is 0 Å². The molecule has 3 aliphatic rings. The first kappa shape index (κ1) is 16.4. The number of aliphatic imine (C=N–C) groups is 1. The van der Waals surface area contributed by atoms with Crippen molar-refractivity contribution in [3.8, 4) is 0 Å². The third-order valence-corrected chi connectivity index (χ3v) is 5.55. The molecule has 1 aromatic heterocycles. The fraction of sp³-hybridized carbons (Fsp3) is 0.381. The Morgan fingerprint density at radius 3 is 2.89 bits per heavy atom. The Hall–Kier alpha value is -2.76. The highest BCUT2D eigenvalue weighted by Gasteiger charge is 2.29. The van der Waals surface area contributed by atoms with Crippen LogP contribution in [0.2, 0.25) is 0 Å². The smallest absolute Gasteiger partial charge is 0.137 e. The third-order valence-electron chi connectivity index (χ3n) is 5.55. The lowest BCUT2D eigenvalue weighted by molar-refractivity contribution is 0.618. The molecule has 0 spiro atoms. The Morgan fingerprint density at radius 2 is 2.04 bits per heavy atom. The van der Waals surface area contributed by atoms with E-state index in [0.717, 1.165) is 54.9 Å². The normalized spacial score (nSPS) is 22.0. The van der Waals surface area contributed by atoms with Crippen LogP contribution in [0.5, 0.6) is 0 Å². The van der Waals surface area contributed by atoms with E-state index in [4.69, 9.17) is 0 Å². The largest absolute Gasteiger partial charge is 0.349 e. The monoisotopic (exact) mass is 363 g/mol. The van der Waals surface area contributed by atoms with Crippen LogP contribution in [0.25, 0.3) is 0 Å². The average Bonchev–Trinajstić information content (AvgIpc) is 3.22. The molecule has 27 heavy (non-hydrogen) atoms. The molecule has 5 rings (SSSR count). The summed E-state index contributed by atoms with van der Waals surface area (Å²) in [5, 5.41) is 3.32. The summed E-state index contributed by atoms with van der Waals surface area (Å²) >= 11 is 0. The molecular formula is C21H22FN5. The summed E-state index contributed by atoms with van der Waals surface area (Å²) in [6.45, 7) is 1.71. The van der Waals surface area contributed by atoms with Gasteiger partial charge in [0.25, 0.3) is 0 Å². The summed E-state index contributed by atoms with van der Waals surface area (Å²) in [5.74, 6) is 3.04. The van der Waals surface area contributed by atoms with Gasteiger partial charge in [0.1, 0.15) is 29.6 Å². The first-order valence-corrected chi connectivity index (χ1v) is 9.62. The number of amidine groups is 1. The van der Waals surface area contributed by atoms with Gasteiger partial charge in [0.15, 0.2) is 0 Å². The Bertz CT molecular complexity index is 918. The van der Waals surface area contributed by atoms with E-state index in [1.807, 2.05) is 12.1 Å². The van der Waals surface area contributed by atoms with Gasteiger partial charge in [0.2, 0.25) is 0 Å². The molecule has 1 atom stereocenters. The van der Waals surface area contributed by atoms with Crippen molar-refractivity contribution in [2.45, 2.75) is 31.7 Å². The second-order valence-electron chi connectivity index (χ2n) is 7.49. The van der Waals surface area contributed by atoms with Crippen molar-refractivity contribution in [2.24, 2.45) is 10.9 Å². The zero-order valence-electron chi connectivity index (χ0n) is 15.1. The van der Waals surface area contributed by atoms with Crippen molar-refractivity contribution >= 4 is 17.5 Å². The van der Waals surface area contributed by atoms with E-state index < -0.39 is 0 Å². The molecule has 2 aromatic rings. The van der Waals surface area contributed by atoms with Gasteiger partial charge in [-0.2, -0.15) is 0 Å². The molecule has 1 aliphatic carbocycles. The van der Waals surface area contributed by atoms with Gasteiger partial charge in [0.05, 0.1) is 12.6 Å². The Balaban J connectivity index is 1.35.